The van der Waals surface area contributed by atoms with Gasteiger partial charge in [0.05, 0.1) is 4.05 Å². The van der Waals surface area contributed by atoms with Gasteiger partial charge in [-0.2, -0.15) is 0 Å². The van der Waals surface area contributed by atoms with Crippen LogP contribution in [0.2, 0.25) is 0 Å². The van der Waals surface area contributed by atoms with Gasteiger partial charge in [0.25, 0.3) is 0 Å². The highest BCUT2D eigenvalue weighted by molar-refractivity contribution is 14.1. The Labute approximate surface area is 83.8 Å². The minimum absolute atomic E-state index is 0.567. The fourth-order valence-corrected chi connectivity index (χ4v) is 0.985. The Morgan fingerprint density at radius 3 is 2.73 bits per heavy atom. The van der Waals surface area contributed by atoms with E-state index >= 15 is 0 Å². The van der Waals surface area contributed by atoms with Crippen LogP contribution in [0.3, 0.4) is 0 Å². The first-order valence-corrected chi connectivity index (χ1v) is 5.44. The minimum Gasteiger partial charge on any atom is -0.302 e. The monoisotopic (exact) mass is 267 g/mol. The molecule has 11 heavy (non-hydrogen) atoms. The van der Waals surface area contributed by atoms with Gasteiger partial charge in [-0.25, -0.2) is 0 Å². The molecule has 0 aromatic heterocycles. The topological polar surface area (TPSA) is 12.0 Å². The molecular weight excluding hydrogens is 249 g/mol. The standard InChI is InChI=1S/C9H18IN/c1-4-5-6-8(2)7-11-9(3)10/h6,9,11H,4-5,7H2,1-3H3/b8-6-. The van der Waals surface area contributed by atoms with E-state index in [0.717, 1.165) is 6.54 Å². The summed E-state index contributed by atoms with van der Waals surface area (Å²) >= 11 is 2.38. The Kier molecular flexibility index (Phi) is 7.38. The Balaban J connectivity index is 3.42. The molecule has 0 aromatic rings. The van der Waals surface area contributed by atoms with Gasteiger partial charge in [0.15, 0.2) is 0 Å². The smallest absolute Gasteiger partial charge is 0.0567 e. The van der Waals surface area contributed by atoms with Gasteiger partial charge in [0.2, 0.25) is 0 Å². The van der Waals surface area contributed by atoms with Crippen LogP contribution < -0.4 is 5.32 Å². The molecule has 0 radical (unpaired) electrons. The Morgan fingerprint density at radius 1 is 1.64 bits per heavy atom. The predicted octanol–water partition coefficient (Wildman–Crippen LogP) is 3.10. The van der Waals surface area contributed by atoms with E-state index in [4.69, 9.17) is 0 Å². The lowest BCUT2D eigenvalue weighted by Crippen LogP contribution is -2.21. The number of hydrogen-bond acceptors (Lipinski definition) is 1. The van der Waals surface area contributed by atoms with E-state index in [1.165, 1.54) is 18.4 Å². The van der Waals surface area contributed by atoms with Crippen LogP contribution in [-0.2, 0) is 0 Å². The molecule has 0 fully saturated rings. The van der Waals surface area contributed by atoms with E-state index in [1.54, 1.807) is 0 Å². The van der Waals surface area contributed by atoms with E-state index in [2.05, 4.69) is 54.8 Å². The number of unbranched alkanes of at least 4 members (excludes halogenated alkanes) is 1. The lowest BCUT2D eigenvalue weighted by atomic mass is 10.2. The van der Waals surface area contributed by atoms with Crippen LogP contribution in [0.25, 0.3) is 0 Å². The van der Waals surface area contributed by atoms with E-state index < -0.39 is 0 Å². The zero-order valence-electron chi connectivity index (χ0n) is 7.65. The molecule has 0 aliphatic carbocycles. The molecule has 1 nitrogen and oxygen atoms in total. The summed E-state index contributed by atoms with van der Waals surface area (Å²) in [6.45, 7) is 7.58. The molecular formula is C9H18IN. The number of nitrogens with one attached hydrogen (secondary N) is 1. The maximum Gasteiger partial charge on any atom is 0.0567 e. The average molecular weight is 267 g/mol. The first kappa shape index (κ1) is 11.4. The van der Waals surface area contributed by atoms with Gasteiger partial charge in [-0.15, -0.1) is 0 Å². The van der Waals surface area contributed by atoms with Crippen molar-refractivity contribution in [2.75, 3.05) is 6.54 Å². The van der Waals surface area contributed by atoms with Gasteiger partial charge < -0.3 is 5.32 Å². The van der Waals surface area contributed by atoms with Crippen molar-refractivity contribution in [3.63, 3.8) is 0 Å². The van der Waals surface area contributed by atoms with Gasteiger partial charge in [0, 0.05) is 6.54 Å². The fraction of sp³-hybridized carbons (Fsp3) is 0.778. The Hall–Kier alpha value is 0.430. The molecule has 0 saturated heterocycles. The predicted molar refractivity (Wildman–Crippen MR) is 60.1 cm³/mol. The summed E-state index contributed by atoms with van der Waals surface area (Å²) in [4.78, 5) is 0. The SMILES string of the molecule is CCC/C=C(/C)CNC(C)I. The molecule has 0 saturated carbocycles. The first-order chi connectivity index (χ1) is 5.16. The van der Waals surface area contributed by atoms with Crippen LogP contribution in [0.15, 0.2) is 11.6 Å². The maximum absolute atomic E-state index is 3.37. The van der Waals surface area contributed by atoms with Crippen LogP contribution in [0.1, 0.15) is 33.6 Å². The number of rotatable bonds is 5. The molecule has 0 rings (SSSR count). The summed E-state index contributed by atoms with van der Waals surface area (Å²) in [5.74, 6) is 0. The second-order valence-electron chi connectivity index (χ2n) is 2.84. The van der Waals surface area contributed by atoms with Crippen LogP contribution in [-0.4, -0.2) is 10.6 Å². The third kappa shape index (κ3) is 8.34. The molecule has 0 amide bonds. The molecule has 0 aromatic carbocycles. The number of allylic oxidation sites excluding steroid dienone is 1. The molecule has 1 N–H and O–H groups in total. The lowest BCUT2D eigenvalue weighted by molar-refractivity contribution is 0.749. The third-order valence-electron chi connectivity index (χ3n) is 1.44. The molecule has 0 aliphatic rings. The van der Waals surface area contributed by atoms with Gasteiger partial charge in [-0.1, -0.05) is 47.6 Å². The molecule has 1 unspecified atom stereocenters. The van der Waals surface area contributed by atoms with Gasteiger partial charge in [-0.05, 0) is 20.3 Å². The first-order valence-electron chi connectivity index (χ1n) is 4.20. The van der Waals surface area contributed by atoms with Gasteiger partial charge in [-0.3, -0.25) is 0 Å². The third-order valence-corrected chi connectivity index (χ3v) is 1.88. The summed E-state index contributed by atoms with van der Waals surface area (Å²) < 4.78 is 0.567. The highest BCUT2D eigenvalue weighted by Gasteiger charge is 1.92. The number of alkyl halides is 1. The normalized spacial score (nSPS) is 15.1. The summed E-state index contributed by atoms with van der Waals surface area (Å²) in [5.41, 5.74) is 1.45. The van der Waals surface area contributed by atoms with Crippen molar-refractivity contribution < 1.29 is 0 Å². The highest BCUT2D eigenvalue weighted by atomic mass is 127. The van der Waals surface area contributed by atoms with E-state index in [-0.39, 0.29) is 0 Å². The summed E-state index contributed by atoms with van der Waals surface area (Å²) in [5, 5.41) is 3.37. The number of hydrogen-bond donors (Lipinski definition) is 1. The molecule has 2 heteroatoms. The van der Waals surface area contributed by atoms with Gasteiger partial charge in [0.1, 0.15) is 0 Å². The van der Waals surface area contributed by atoms with Crippen molar-refractivity contribution in [2.45, 2.75) is 37.7 Å². The van der Waals surface area contributed by atoms with E-state index in [9.17, 15) is 0 Å². The maximum atomic E-state index is 3.37. The Bertz CT molecular complexity index is 119. The van der Waals surface area contributed by atoms with Crippen molar-refractivity contribution in [1.82, 2.24) is 5.32 Å². The molecule has 0 aliphatic heterocycles. The van der Waals surface area contributed by atoms with Crippen LogP contribution in [0, 0.1) is 0 Å². The summed E-state index contributed by atoms with van der Waals surface area (Å²) in [6, 6.07) is 0. The largest absolute Gasteiger partial charge is 0.302 e. The zero-order chi connectivity index (χ0) is 8.69. The lowest BCUT2D eigenvalue weighted by Gasteiger charge is -2.06. The van der Waals surface area contributed by atoms with E-state index in [0.29, 0.717) is 4.05 Å². The van der Waals surface area contributed by atoms with Gasteiger partial charge >= 0.3 is 0 Å². The van der Waals surface area contributed by atoms with E-state index in [1.807, 2.05) is 0 Å². The second-order valence-corrected chi connectivity index (χ2v) is 4.70. The molecule has 0 spiro atoms. The van der Waals surface area contributed by atoms with Crippen LogP contribution in [0.5, 0.6) is 0 Å². The van der Waals surface area contributed by atoms with Crippen LogP contribution in [0.4, 0.5) is 0 Å². The fourth-order valence-electron chi connectivity index (χ4n) is 0.765. The van der Waals surface area contributed by atoms with Crippen molar-refractivity contribution >= 4 is 22.6 Å². The quantitative estimate of drug-likeness (QED) is 0.349. The highest BCUT2D eigenvalue weighted by Crippen LogP contribution is 1.99. The van der Waals surface area contributed by atoms with Crippen molar-refractivity contribution in [3.05, 3.63) is 11.6 Å². The molecule has 0 heterocycles. The minimum atomic E-state index is 0.567. The second kappa shape index (κ2) is 7.10. The molecule has 66 valence electrons. The van der Waals surface area contributed by atoms with Crippen molar-refractivity contribution in [3.8, 4) is 0 Å². The Morgan fingerprint density at radius 2 is 2.27 bits per heavy atom. The van der Waals surface area contributed by atoms with Crippen molar-refractivity contribution in [1.29, 1.82) is 0 Å². The van der Waals surface area contributed by atoms with Crippen molar-refractivity contribution in [2.24, 2.45) is 0 Å². The number of halogens is 1. The molecule has 1 atom stereocenters. The van der Waals surface area contributed by atoms with Crippen LogP contribution >= 0.6 is 22.6 Å². The zero-order valence-corrected chi connectivity index (χ0v) is 9.81. The average Bonchev–Trinajstić information content (AvgIpc) is 1.97. The molecule has 0 bridgehead atoms. The summed E-state index contributed by atoms with van der Waals surface area (Å²) in [6.07, 6.45) is 4.77. The summed E-state index contributed by atoms with van der Waals surface area (Å²) in [7, 11) is 0.